The van der Waals surface area contributed by atoms with Gasteiger partial charge in [-0.1, -0.05) is 30.3 Å². The third-order valence-electron chi connectivity index (χ3n) is 2.55. The zero-order chi connectivity index (χ0) is 13.1. The van der Waals surface area contributed by atoms with Crippen molar-refractivity contribution in [1.82, 2.24) is 4.98 Å². The molecule has 0 saturated carbocycles. The Morgan fingerprint density at radius 3 is 2.50 bits per heavy atom. The molecule has 0 spiro atoms. The largest absolute Gasteiger partial charge is 0.325 e. The van der Waals surface area contributed by atoms with Crippen LogP contribution < -0.4 is 10.9 Å². The first kappa shape index (κ1) is 12.1. The van der Waals surface area contributed by atoms with Crippen LogP contribution >= 0.6 is 0 Å². The van der Waals surface area contributed by atoms with E-state index in [-0.39, 0.29) is 11.5 Å². The van der Waals surface area contributed by atoms with E-state index in [1.54, 1.807) is 0 Å². The summed E-state index contributed by atoms with van der Waals surface area (Å²) in [5.41, 5.74) is 2.39. The first-order valence-electron chi connectivity index (χ1n) is 5.65. The van der Waals surface area contributed by atoms with Gasteiger partial charge in [-0.2, -0.15) is 0 Å². The Bertz CT molecular complexity index is 630. The molecule has 0 unspecified atom stereocenters. The number of aromatic amines is 1. The van der Waals surface area contributed by atoms with Crippen LogP contribution in [0.3, 0.4) is 0 Å². The highest BCUT2D eigenvalue weighted by atomic mass is 16.2. The number of nitrogens with one attached hydrogen (secondary N) is 2. The topological polar surface area (TPSA) is 62.0 Å². The van der Waals surface area contributed by atoms with Crippen molar-refractivity contribution in [3.8, 4) is 11.1 Å². The molecule has 0 aliphatic carbocycles. The van der Waals surface area contributed by atoms with Gasteiger partial charge in [0.2, 0.25) is 5.91 Å². The molecule has 1 amide bonds. The van der Waals surface area contributed by atoms with Gasteiger partial charge in [0, 0.05) is 18.2 Å². The van der Waals surface area contributed by atoms with Crippen LogP contribution in [-0.4, -0.2) is 10.9 Å². The van der Waals surface area contributed by atoms with Crippen LogP contribution in [0.2, 0.25) is 0 Å². The number of pyridine rings is 1. The minimum absolute atomic E-state index is 0.262. The number of amides is 1. The number of rotatable bonds is 2. The van der Waals surface area contributed by atoms with Crippen LogP contribution in [0.1, 0.15) is 12.6 Å². The van der Waals surface area contributed by atoms with E-state index in [0.717, 1.165) is 16.8 Å². The van der Waals surface area contributed by atoms with Crippen molar-refractivity contribution in [2.45, 2.75) is 13.8 Å². The van der Waals surface area contributed by atoms with E-state index in [9.17, 15) is 9.59 Å². The highest BCUT2D eigenvalue weighted by molar-refractivity contribution is 5.93. The second kappa shape index (κ2) is 4.87. The molecule has 0 aliphatic heterocycles. The van der Waals surface area contributed by atoms with E-state index >= 15 is 0 Å². The van der Waals surface area contributed by atoms with Gasteiger partial charge in [-0.3, -0.25) is 9.59 Å². The van der Waals surface area contributed by atoms with Crippen LogP contribution in [0, 0.1) is 6.92 Å². The first-order chi connectivity index (χ1) is 8.58. The van der Waals surface area contributed by atoms with Gasteiger partial charge in [0.05, 0.1) is 0 Å². The third kappa shape index (κ3) is 2.48. The number of carbonyl (C=O) groups is 1. The van der Waals surface area contributed by atoms with Crippen LogP contribution in [-0.2, 0) is 4.79 Å². The van der Waals surface area contributed by atoms with E-state index < -0.39 is 0 Å². The molecular formula is C14H14N2O2. The summed E-state index contributed by atoms with van der Waals surface area (Å²) in [6.07, 6.45) is 0. The monoisotopic (exact) mass is 242 g/mol. The maximum Gasteiger partial charge on any atom is 0.272 e. The Kier molecular flexibility index (Phi) is 3.28. The fourth-order valence-electron chi connectivity index (χ4n) is 1.83. The van der Waals surface area contributed by atoms with Crippen molar-refractivity contribution in [1.29, 1.82) is 0 Å². The van der Waals surface area contributed by atoms with Crippen molar-refractivity contribution in [2.75, 3.05) is 5.32 Å². The smallest absolute Gasteiger partial charge is 0.272 e. The lowest BCUT2D eigenvalue weighted by Gasteiger charge is -2.10. The molecule has 0 bridgehead atoms. The highest BCUT2D eigenvalue weighted by Gasteiger charge is 2.11. The lowest BCUT2D eigenvalue weighted by atomic mass is 10.0. The Hall–Kier alpha value is -2.36. The molecule has 4 nitrogen and oxygen atoms in total. The summed E-state index contributed by atoms with van der Waals surface area (Å²) in [5, 5.41) is 2.58. The quantitative estimate of drug-likeness (QED) is 0.848. The average Bonchev–Trinajstić information content (AvgIpc) is 2.33. The first-order valence-corrected chi connectivity index (χ1v) is 5.65. The summed E-state index contributed by atoms with van der Waals surface area (Å²) in [6.45, 7) is 3.19. The van der Waals surface area contributed by atoms with Crippen LogP contribution in [0.15, 0.2) is 41.2 Å². The number of benzene rings is 1. The highest BCUT2D eigenvalue weighted by Crippen LogP contribution is 2.25. The number of hydrogen-bond acceptors (Lipinski definition) is 2. The molecule has 0 atom stereocenters. The fraction of sp³-hybridized carbons (Fsp3) is 0.143. The van der Waals surface area contributed by atoms with Gasteiger partial charge in [0.25, 0.3) is 5.56 Å². The molecule has 92 valence electrons. The normalized spacial score (nSPS) is 10.1. The summed E-state index contributed by atoms with van der Waals surface area (Å²) in [6, 6.07) is 11.3. The van der Waals surface area contributed by atoms with Crippen LogP contribution in [0.25, 0.3) is 11.1 Å². The molecular weight excluding hydrogens is 228 g/mol. The summed E-state index contributed by atoms with van der Waals surface area (Å²) in [5.74, 6) is -0.262. The van der Waals surface area contributed by atoms with Gasteiger partial charge in [-0.25, -0.2) is 0 Å². The second-order valence-electron chi connectivity index (χ2n) is 4.12. The Morgan fingerprint density at radius 1 is 1.22 bits per heavy atom. The van der Waals surface area contributed by atoms with Crippen LogP contribution in [0.5, 0.6) is 0 Å². The van der Waals surface area contributed by atoms with E-state index in [4.69, 9.17) is 0 Å². The van der Waals surface area contributed by atoms with Crippen molar-refractivity contribution in [3.63, 3.8) is 0 Å². The van der Waals surface area contributed by atoms with Crippen LogP contribution in [0.4, 0.5) is 5.69 Å². The summed E-state index contributed by atoms with van der Waals surface area (Å²) in [7, 11) is 0. The Morgan fingerprint density at radius 2 is 1.89 bits per heavy atom. The number of carbonyl (C=O) groups excluding carboxylic acids is 1. The standard InChI is InChI=1S/C14H14N2O2/c1-9-8-12(11-6-4-3-5-7-11)13(14(18)15-9)16-10(2)17/h3-8H,1-2H3,(H,15,18)(H,16,17). The molecule has 2 rings (SSSR count). The molecule has 0 saturated heterocycles. The Balaban J connectivity index is 2.65. The number of H-pyrrole nitrogens is 1. The predicted molar refractivity (Wildman–Crippen MR) is 71.5 cm³/mol. The summed E-state index contributed by atoms with van der Waals surface area (Å²) >= 11 is 0. The summed E-state index contributed by atoms with van der Waals surface area (Å²) in [4.78, 5) is 25.8. The van der Waals surface area contributed by atoms with E-state index in [2.05, 4.69) is 10.3 Å². The molecule has 18 heavy (non-hydrogen) atoms. The molecule has 1 aromatic carbocycles. The van der Waals surface area contributed by atoms with Gasteiger partial charge < -0.3 is 10.3 Å². The van der Waals surface area contributed by atoms with Gasteiger partial charge in [-0.15, -0.1) is 0 Å². The SMILES string of the molecule is CC(=O)Nc1c(-c2ccccc2)cc(C)[nH]c1=O. The second-order valence-corrected chi connectivity index (χ2v) is 4.12. The van der Waals surface area contributed by atoms with Crippen molar-refractivity contribution < 1.29 is 4.79 Å². The third-order valence-corrected chi connectivity index (χ3v) is 2.55. The predicted octanol–water partition coefficient (Wildman–Crippen LogP) is 2.31. The maximum atomic E-state index is 11.9. The molecule has 2 aromatic rings. The summed E-state index contributed by atoms with van der Waals surface area (Å²) < 4.78 is 0. The number of hydrogen-bond donors (Lipinski definition) is 2. The minimum atomic E-state index is -0.288. The maximum absolute atomic E-state index is 11.9. The molecule has 0 aliphatic rings. The van der Waals surface area contributed by atoms with E-state index in [0.29, 0.717) is 5.69 Å². The zero-order valence-electron chi connectivity index (χ0n) is 10.3. The zero-order valence-corrected chi connectivity index (χ0v) is 10.3. The Labute approximate surface area is 105 Å². The van der Waals surface area contributed by atoms with E-state index in [1.165, 1.54) is 6.92 Å². The van der Waals surface area contributed by atoms with Crippen molar-refractivity contribution >= 4 is 11.6 Å². The molecule has 2 N–H and O–H groups in total. The molecule has 1 heterocycles. The van der Waals surface area contributed by atoms with Crippen molar-refractivity contribution in [2.24, 2.45) is 0 Å². The molecule has 0 radical (unpaired) electrons. The number of aryl methyl sites for hydroxylation is 1. The van der Waals surface area contributed by atoms with Gasteiger partial charge in [0.15, 0.2) is 0 Å². The minimum Gasteiger partial charge on any atom is -0.325 e. The van der Waals surface area contributed by atoms with Gasteiger partial charge >= 0.3 is 0 Å². The lowest BCUT2D eigenvalue weighted by Crippen LogP contribution is -2.19. The fourth-order valence-corrected chi connectivity index (χ4v) is 1.83. The van der Waals surface area contributed by atoms with Gasteiger partial charge in [0.1, 0.15) is 5.69 Å². The molecule has 1 aromatic heterocycles. The number of anilines is 1. The van der Waals surface area contributed by atoms with Gasteiger partial charge in [-0.05, 0) is 18.6 Å². The van der Waals surface area contributed by atoms with Crippen molar-refractivity contribution in [3.05, 3.63) is 52.4 Å². The molecule has 0 fully saturated rings. The molecule has 4 heteroatoms. The average molecular weight is 242 g/mol. The number of aromatic nitrogens is 1. The van der Waals surface area contributed by atoms with E-state index in [1.807, 2.05) is 43.3 Å². The lowest BCUT2D eigenvalue weighted by molar-refractivity contribution is -0.114.